The number of anilines is 1. The Labute approximate surface area is 193 Å². The van der Waals surface area contributed by atoms with Crippen LogP contribution in [0.2, 0.25) is 0 Å². The minimum atomic E-state index is -0.718. The number of amides is 1. The Hall–Kier alpha value is -3.93. The first-order valence-electron chi connectivity index (χ1n) is 10.8. The summed E-state index contributed by atoms with van der Waals surface area (Å²) in [4.78, 5) is 34.1. The van der Waals surface area contributed by atoms with Gasteiger partial charge in [-0.05, 0) is 60.9 Å². The zero-order valence-electron chi connectivity index (χ0n) is 19.2. The standard InChI is InChI=1S/C27H27N3O3/c1-17-8-9-20(15-18(17)2)25(31)23-24(19-10-12-22(13-11-19)29(3)4)30(27(33)26(23)32)16-21-7-5-6-14-28-21/h5-15,24,31H,16H2,1-4H3/b25-23-. The van der Waals surface area contributed by atoms with Crippen LogP contribution in [0.15, 0.2) is 72.4 Å². The minimum absolute atomic E-state index is 0.0942. The molecule has 1 amide bonds. The molecule has 4 rings (SSSR count). The van der Waals surface area contributed by atoms with Crippen LogP contribution in [0.5, 0.6) is 0 Å². The number of ketones is 1. The molecule has 0 saturated carbocycles. The zero-order valence-corrected chi connectivity index (χ0v) is 19.2. The molecule has 0 radical (unpaired) electrons. The molecular formula is C27H27N3O3. The lowest BCUT2D eigenvalue weighted by atomic mass is 9.94. The highest BCUT2D eigenvalue weighted by atomic mass is 16.3. The largest absolute Gasteiger partial charge is 0.507 e. The molecule has 1 aliphatic rings. The molecule has 1 N–H and O–H groups in total. The second-order valence-electron chi connectivity index (χ2n) is 8.53. The maximum Gasteiger partial charge on any atom is 0.296 e. The summed E-state index contributed by atoms with van der Waals surface area (Å²) in [5.74, 6) is -1.50. The molecule has 33 heavy (non-hydrogen) atoms. The molecule has 0 spiro atoms. The van der Waals surface area contributed by atoms with E-state index in [-0.39, 0.29) is 17.9 Å². The highest BCUT2D eigenvalue weighted by molar-refractivity contribution is 6.46. The third kappa shape index (κ3) is 4.24. The fourth-order valence-electron chi connectivity index (χ4n) is 4.05. The van der Waals surface area contributed by atoms with Crippen molar-refractivity contribution in [2.75, 3.05) is 19.0 Å². The summed E-state index contributed by atoms with van der Waals surface area (Å²) < 4.78 is 0. The number of aliphatic hydroxyl groups is 1. The first-order valence-corrected chi connectivity index (χ1v) is 10.8. The summed E-state index contributed by atoms with van der Waals surface area (Å²) >= 11 is 0. The molecular weight excluding hydrogens is 414 g/mol. The summed E-state index contributed by atoms with van der Waals surface area (Å²) in [6, 6.07) is 17.9. The van der Waals surface area contributed by atoms with E-state index in [1.807, 2.05) is 81.4 Å². The molecule has 0 bridgehead atoms. The second-order valence-corrected chi connectivity index (χ2v) is 8.53. The minimum Gasteiger partial charge on any atom is -0.507 e. The van der Waals surface area contributed by atoms with Crippen LogP contribution in [0.3, 0.4) is 0 Å². The molecule has 1 aromatic heterocycles. The Balaban J connectivity index is 1.86. The van der Waals surface area contributed by atoms with E-state index in [9.17, 15) is 14.7 Å². The molecule has 6 nitrogen and oxygen atoms in total. The number of aryl methyl sites for hydroxylation is 2. The lowest BCUT2D eigenvalue weighted by Crippen LogP contribution is -2.29. The summed E-state index contributed by atoms with van der Waals surface area (Å²) in [6.07, 6.45) is 1.65. The van der Waals surface area contributed by atoms with Crippen LogP contribution >= 0.6 is 0 Å². The summed E-state index contributed by atoms with van der Waals surface area (Å²) in [5, 5.41) is 11.2. The third-order valence-corrected chi connectivity index (χ3v) is 6.10. The number of aromatic nitrogens is 1. The smallest absolute Gasteiger partial charge is 0.296 e. The summed E-state index contributed by atoms with van der Waals surface area (Å²) in [6.45, 7) is 4.09. The van der Waals surface area contributed by atoms with Crippen LogP contribution in [0.1, 0.15) is 34.0 Å². The number of pyridine rings is 1. The number of likely N-dealkylation sites (tertiary alicyclic amines) is 1. The van der Waals surface area contributed by atoms with E-state index in [0.717, 1.165) is 22.4 Å². The van der Waals surface area contributed by atoms with E-state index < -0.39 is 17.7 Å². The van der Waals surface area contributed by atoms with Crippen LogP contribution in [0.4, 0.5) is 5.69 Å². The molecule has 168 valence electrons. The van der Waals surface area contributed by atoms with E-state index in [1.165, 1.54) is 4.90 Å². The number of rotatable bonds is 5. The van der Waals surface area contributed by atoms with E-state index in [2.05, 4.69) is 4.98 Å². The molecule has 1 fully saturated rings. The molecule has 2 heterocycles. The Kier molecular flexibility index (Phi) is 6.01. The van der Waals surface area contributed by atoms with Gasteiger partial charge in [0.2, 0.25) is 0 Å². The van der Waals surface area contributed by atoms with Gasteiger partial charge in [0, 0.05) is 31.5 Å². The first kappa shape index (κ1) is 22.3. The van der Waals surface area contributed by atoms with Crippen molar-refractivity contribution in [3.05, 3.63) is 100 Å². The maximum absolute atomic E-state index is 13.2. The second kappa shape index (κ2) is 8.90. The average molecular weight is 442 g/mol. The summed E-state index contributed by atoms with van der Waals surface area (Å²) in [7, 11) is 3.89. The topological polar surface area (TPSA) is 73.7 Å². The van der Waals surface area contributed by atoms with Crippen molar-refractivity contribution in [2.45, 2.75) is 26.4 Å². The molecule has 2 aromatic carbocycles. The average Bonchev–Trinajstić information content (AvgIpc) is 3.06. The Bertz CT molecular complexity index is 1230. The number of carbonyl (C=O) groups is 2. The van der Waals surface area contributed by atoms with Crippen LogP contribution in [0.25, 0.3) is 5.76 Å². The fourth-order valence-corrected chi connectivity index (χ4v) is 4.05. The van der Waals surface area contributed by atoms with Crippen LogP contribution in [-0.4, -0.2) is 40.8 Å². The van der Waals surface area contributed by atoms with Crippen molar-refractivity contribution in [3.63, 3.8) is 0 Å². The predicted octanol–water partition coefficient (Wildman–Crippen LogP) is 4.39. The normalized spacial score (nSPS) is 17.5. The van der Waals surface area contributed by atoms with Crippen molar-refractivity contribution < 1.29 is 14.7 Å². The highest BCUT2D eigenvalue weighted by Gasteiger charge is 2.46. The van der Waals surface area contributed by atoms with Gasteiger partial charge in [-0.2, -0.15) is 0 Å². The quantitative estimate of drug-likeness (QED) is 0.361. The SMILES string of the molecule is Cc1ccc(/C(O)=C2/C(=O)C(=O)N(Cc3ccccn3)C2c2ccc(N(C)C)cc2)cc1C. The first-order chi connectivity index (χ1) is 15.8. The summed E-state index contributed by atoms with van der Waals surface area (Å²) in [5.41, 5.74) is 5.10. The van der Waals surface area contributed by atoms with Gasteiger partial charge in [-0.15, -0.1) is 0 Å². The highest BCUT2D eigenvalue weighted by Crippen LogP contribution is 2.40. The van der Waals surface area contributed by atoms with E-state index >= 15 is 0 Å². The number of hydrogen-bond donors (Lipinski definition) is 1. The van der Waals surface area contributed by atoms with Crippen LogP contribution in [0, 0.1) is 13.8 Å². The molecule has 0 aliphatic carbocycles. The van der Waals surface area contributed by atoms with Crippen molar-refractivity contribution in [1.82, 2.24) is 9.88 Å². The van der Waals surface area contributed by atoms with Crippen LogP contribution < -0.4 is 4.90 Å². The lowest BCUT2D eigenvalue weighted by Gasteiger charge is -2.25. The molecule has 6 heteroatoms. The van der Waals surface area contributed by atoms with Gasteiger partial charge in [-0.3, -0.25) is 14.6 Å². The fraction of sp³-hybridized carbons (Fsp3) is 0.222. The maximum atomic E-state index is 13.2. The number of aliphatic hydroxyl groups excluding tert-OH is 1. The number of Topliss-reactive ketones (excluding diaryl/α,β-unsaturated/α-hetero) is 1. The van der Waals surface area contributed by atoms with Gasteiger partial charge in [0.1, 0.15) is 5.76 Å². The third-order valence-electron chi connectivity index (χ3n) is 6.10. The number of nitrogens with zero attached hydrogens (tertiary/aromatic N) is 3. The molecule has 1 unspecified atom stereocenters. The van der Waals surface area contributed by atoms with Gasteiger partial charge >= 0.3 is 0 Å². The molecule has 1 aliphatic heterocycles. The van der Waals surface area contributed by atoms with Crippen molar-refractivity contribution in [3.8, 4) is 0 Å². The Morgan fingerprint density at radius 2 is 1.73 bits per heavy atom. The van der Waals surface area contributed by atoms with E-state index in [0.29, 0.717) is 11.3 Å². The number of benzene rings is 2. The van der Waals surface area contributed by atoms with Gasteiger partial charge in [-0.1, -0.05) is 30.3 Å². The van der Waals surface area contributed by atoms with Gasteiger partial charge in [-0.25, -0.2) is 0 Å². The molecule has 1 atom stereocenters. The van der Waals surface area contributed by atoms with Crippen molar-refractivity contribution >= 4 is 23.1 Å². The number of carbonyl (C=O) groups excluding carboxylic acids is 2. The van der Waals surface area contributed by atoms with E-state index in [4.69, 9.17) is 0 Å². The van der Waals surface area contributed by atoms with Crippen molar-refractivity contribution in [2.24, 2.45) is 0 Å². The lowest BCUT2D eigenvalue weighted by molar-refractivity contribution is -0.140. The van der Waals surface area contributed by atoms with E-state index in [1.54, 1.807) is 18.3 Å². The zero-order chi connectivity index (χ0) is 23.7. The van der Waals surface area contributed by atoms with Gasteiger partial charge in [0.25, 0.3) is 11.7 Å². The number of hydrogen-bond acceptors (Lipinski definition) is 5. The van der Waals surface area contributed by atoms with Gasteiger partial charge in [0.05, 0.1) is 23.9 Å². The molecule has 1 saturated heterocycles. The monoisotopic (exact) mass is 441 g/mol. The van der Waals surface area contributed by atoms with Crippen LogP contribution in [-0.2, 0) is 16.1 Å². The predicted molar refractivity (Wildman–Crippen MR) is 129 cm³/mol. The Morgan fingerprint density at radius 3 is 2.33 bits per heavy atom. The molecule has 3 aromatic rings. The van der Waals surface area contributed by atoms with Crippen molar-refractivity contribution in [1.29, 1.82) is 0 Å². The Morgan fingerprint density at radius 1 is 1.00 bits per heavy atom. The van der Waals surface area contributed by atoms with Gasteiger partial charge in [0.15, 0.2) is 0 Å². The van der Waals surface area contributed by atoms with Gasteiger partial charge < -0.3 is 14.9 Å².